The van der Waals surface area contributed by atoms with Crippen LogP contribution in [0.25, 0.3) is 0 Å². The lowest BCUT2D eigenvalue weighted by atomic mass is 9.63. The first-order chi connectivity index (χ1) is 17.0. The fraction of sp³-hybridized carbons (Fsp3) is 0.379. The van der Waals surface area contributed by atoms with Crippen molar-refractivity contribution in [1.82, 2.24) is 4.90 Å². The van der Waals surface area contributed by atoms with Crippen LogP contribution in [0.1, 0.15) is 29.3 Å². The molecule has 3 fully saturated rings. The van der Waals surface area contributed by atoms with Gasteiger partial charge in [-0.05, 0) is 42.6 Å². The number of imide groups is 1. The maximum atomic E-state index is 13.7. The number of esters is 1. The Morgan fingerprint density at radius 2 is 1.43 bits per heavy atom. The molecule has 6 heteroatoms. The van der Waals surface area contributed by atoms with Crippen molar-refractivity contribution in [2.24, 2.45) is 35.5 Å². The highest BCUT2D eigenvalue weighted by molar-refractivity contribution is 6.09. The molecule has 0 N–H and O–H groups in total. The molecule has 0 radical (unpaired) electrons. The Morgan fingerprint density at radius 1 is 0.886 bits per heavy atom. The van der Waals surface area contributed by atoms with E-state index in [1.54, 1.807) is 30.3 Å². The van der Waals surface area contributed by atoms with Gasteiger partial charge in [-0.15, -0.1) is 0 Å². The van der Waals surface area contributed by atoms with Crippen molar-refractivity contribution in [1.29, 1.82) is 0 Å². The third kappa shape index (κ3) is 3.54. The molecular formula is C29H27NO5. The molecule has 2 aromatic carbocycles. The van der Waals surface area contributed by atoms with Gasteiger partial charge in [0.05, 0.1) is 11.8 Å². The van der Waals surface area contributed by atoms with Gasteiger partial charge >= 0.3 is 5.97 Å². The molecule has 4 aliphatic carbocycles. The molecule has 1 aliphatic heterocycles. The largest absolute Gasteiger partial charge is 0.453 e. The Kier molecular flexibility index (Phi) is 5.20. The normalized spacial score (nSPS) is 31.5. The van der Waals surface area contributed by atoms with Crippen LogP contribution < -0.4 is 0 Å². The predicted molar refractivity (Wildman–Crippen MR) is 127 cm³/mol. The highest BCUT2D eigenvalue weighted by atomic mass is 16.5. The number of ketones is 1. The van der Waals surface area contributed by atoms with E-state index in [1.165, 1.54) is 11.8 Å². The summed E-state index contributed by atoms with van der Waals surface area (Å²) in [6.45, 7) is 1.53. The Balaban J connectivity index is 1.28. The molecule has 2 saturated carbocycles. The van der Waals surface area contributed by atoms with Crippen molar-refractivity contribution in [2.75, 3.05) is 0 Å². The molecule has 2 aromatic rings. The Hall–Kier alpha value is -3.54. The number of nitrogens with zero attached hydrogens (tertiary/aromatic N) is 1. The minimum Gasteiger partial charge on any atom is -0.453 e. The quantitative estimate of drug-likeness (QED) is 0.269. The zero-order chi connectivity index (χ0) is 24.3. The van der Waals surface area contributed by atoms with Crippen molar-refractivity contribution < 1.29 is 23.9 Å². The topological polar surface area (TPSA) is 80.8 Å². The van der Waals surface area contributed by atoms with Gasteiger partial charge in [-0.1, -0.05) is 72.8 Å². The van der Waals surface area contributed by atoms with E-state index in [-0.39, 0.29) is 35.9 Å². The van der Waals surface area contributed by atoms with Crippen molar-refractivity contribution in [3.05, 3.63) is 83.9 Å². The number of Topliss-reactive ketones (excluding diaryl/α,β-unsaturated/α-hetero) is 1. The standard InChI is InChI=1S/C29H27NO5/c1-16(26(31)18-10-6-3-7-11-18)35-29(34)23(14-17-8-4-2-5-9-17)30-27(32)24-19-12-13-20(22-15-21(19)22)25(24)28(30)33/h2-13,16,19-25H,14-15H2,1H3/t16-,19-,20-,21-,22+,23-,24+,25+/m0/s1. The summed E-state index contributed by atoms with van der Waals surface area (Å²) >= 11 is 0. The SMILES string of the molecule is C[C@H](OC(=O)[C@H](Cc1ccccc1)N1C(=O)[C@@H]2[C@H]3C=C[C@@H]([C@@H]4C[C@H]34)[C@H]2C1=O)C(=O)c1ccccc1. The number of likely N-dealkylation sites (tertiary alicyclic amines) is 1. The van der Waals surface area contributed by atoms with Gasteiger partial charge in [0.25, 0.3) is 0 Å². The highest BCUT2D eigenvalue weighted by Crippen LogP contribution is 2.65. The summed E-state index contributed by atoms with van der Waals surface area (Å²) in [5.74, 6) is -1.28. The summed E-state index contributed by atoms with van der Waals surface area (Å²) in [4.78, 5) is 54.8. The van der Waals surface area contributed by atoms with E-state index >= 15 is 0 Å². The first-order valence-corrected chi connectivity index (χ1v) is 12.3. The molecule has 8 atom stereocenters. The van der Waals surface area contributed by atoms with Crippen molar-refractivity contribution in [2.45, 2.75) is 31.9 Å². The molecule has 7 rings (SSSR count). The summed E-state index contributed by atoms with van der Waals surface area (Å²) in [6, 6.07) is 16.8. The average Bonchev–Trinajstić information content (AvgIpc) is 3.67. The number of hydrogen-bond acceptors (Lipinski definition) is 5. The zero-order valence-electron chi connectivity index (χ0n) is 19.4. The van der Waals surface area contributed by atoms with Gasteiger partial charge in [0.15, 0.2) is 6.10 Å². The second kappa shape index (κ2) is 8.29. The molecule has 0 spiro atoms. The molecule has 0 unspecified atom stereocenters. The number of benzene rings is 2. The number of rotatable bonds is 7. The lowest BCUT2D eigenvalue weighted by molar-refractivity contribution is -0.160. The Labute approximate surface area is 203 Å². The van der Waals surface area contributed by atoms with Crippen LogP contribution >= 0.6 is 0 Å². The second-order valence-electron chi connectivity index (χ2n) is 10.2. The van der Waals surface area contributed by atoms with Gasteiger partial charge in [-0.3, -0.25) is 19.3 Å². The molecule has 0 aromatic heterocycles. The maximum absolute atomic E-state index is 13.7. The third-order valence-corrected chi connectivity index (χ3v) is 8.27. The predicted octanol–water partition coefficient (Wildman–Crippen LogP) is 3.47. The maximum Gasteiger partial charge on any atom is 0.330 e. The smallest absolute Gasteiger partial charge is 0.330 e. The molecule has 6 nitrogen and oxygen atoms in total. The summed E-state index contributed by atoms with van der Waals surface area (Å²) in [5.41, 5.74) is 1.25. The van der Waals surface area contributed by atoms with Crippen molar-refractivity contribution in [3.63, 3.8) is 0 Å². The summed E-state index contributed by atoms with van der Waals surface area (Å²) in [5, 5.41) is 0. The van der Waals surface area contributed by atoms with Gasteiger partial charge in [0.1, 0.15) is 6.04 Å². The molecule has 178 valence electrons. The van der Waals surface area contributed by atoms with Crippen LogP contribution in [0.4, 0.5) is 0 Å². The number of carbonyl (C=O) groups excluding carboxylic acids is 4. The third-order valence-electron chi connectivity index (χ3n) is 8.27. The van der Waals surface area contributed by atoms with E-state index in [0.717, 1.165) is 12.0 Å². The summed E-state index contributed by atoms with van der Waals surface area (Å²) in [7, 11) is 0. The van der Waals surface area contributed by atoms with E-state index in [1.807, 2.05) is 30.3 Å². The fourth-order valence-corrected chi connectivity index (χ4v) is 6.55. The molecule has 2 bridgehead atoms. The number of carbonyl (C=O) groups is 4. The van der Waals surface area contributed by atoms with Gasteiger partial charge < -0.3 is 4.74 Å². The van der Waals surface area contributed by atoms with Crippen LogP contribution in [0.2, 0.25) is 0 Å². The molecule has 1 heterocycles. The first-order valence-electron chi connectivity index (χ1n) is 12.3. The second-order valence-corrected chi connectivity index (χ2v) is 10.2. The number of allylic oxidation sites excluding steroid dienone is 2. The summed E-state index contributed by atoms with van der Waals surface area (Å²) < 4.78 is 5.61. The van der Waals surface area contributed by atoms with Crippen LogP contribution in [0.15, 0.2) is 72.8 Å². The van der Waals surface area contributed by atoms with E-state index in [9.17, 15) is 19.2 Å². The minimum atomic E-state index is -1.11. The van der Waals surface area contributed by atoms with Gasteiger partial charge in [-0.25, -0.2) is 4.79 Å². The lowest BCUT2D eigenvalue weighted by Gasteiger charge is -2.37. The number of amides is 2. The molecular weight excluding hydrogens is 442 g/mol. The van der Waals surface area contributed by atoms with E-state index in [0.29, 0.717) is 17.4 Å². The first kappa shape index (κ1) is 22.0. The molecule has 1 saturated heterocycles. The van der Waals surface area contributed by atoms with Crippen LogP contribution in [0.5, 0.6) is 0 Å². The minimum absolute atomic E-state index is 0.0726. The number of ether oxygens (including phenoxy) is 1. The van der Waals surface area contributed by atoms with E-state index in [2.05, 4.69) is 12.2 Å². The molecule has 35 heavy (non-hydrogen) atoms. The highest BCUT2D eigenvalue weighted by Gasteiger charge is 2.68. The van der Waals surface area contributed by atoms with Crippen molar-refractivity contribution >= 4 is 23.6 Å². The van der Waals surface area contributed by atoms with Crippen LogP contribution in [0, 0.1) is 35.5 Å². The zero-order valence-corrected chi connectivity index (χ0v) is 19.4. The Bertz CT molecular complexity index is 1190. The molecule has 2 amide bonds. The van der Waals surface area contributed by atoms with Crippen molar-refractivity contribution in [3.8, 4) is 0 Å². The van der Waals surface area contributed by atoms with Crippen LogP contribution in [-0.2, 0) is 25.5 Å². The van der Waals surface area contributed by atoms with Gasteiger partial charge in [0, 0.05) is 12.0 Å². The number of hydrogen-bond donors (Lipinski definition) is 0. The van der Waals surface area contributed by atoms with Crippen LogP contribution in [-0.4, -0.2) is 40.6 Å². The molecule has 5 aliphatic rings. The summed E-state index contributed by atoms with van der Waals surface area (Å²) in [6.07, 6.45) is 4.41. The monoisotopic (exact) mass is 469 g/mol. The van der Waals surface area contributed by atoms with E-state index in [4.69, 9.17) is 4.74 Å². The average molecular weight is 470 g/mol. The van der Waals surface area contributed by atoms with Gasteiger partial charge in [0.2, 0.25) is 17.6 Å². The van der Waals surface area contributed by atoms with E-state index < -0.39 is 30.0 Å². The van der Waals surface area contributed by atoms with Crippen LogP contribution in [0.3, 0.4) is 0 Å². The fourth-order valence-electron chi connectivity index (χ4n) is 6.55. The van der Waals surface area contributed by atoms with Gasteiger partial charge in [-0.2, -0.15) is 0 Å². The lowest BCUT2D eigenvalue weighted by Crippen LogP contribution is -2.49. The Morgan fingerprint density at radius 3 is 2.00 bits per heavy atom.